The third kappa shape index (κ3) is 4.00. The Bertz CT molecular complexity index is 402. The summed E-state index contributed by atoms with van der Waals surface area (Å²) in [7, 11) is 0. The molecule has 0 aromatic heterocycles. The molecule has 1 aromatic carbocycles. The number of hydrogen-bond acceptors (Lipinski definition) is 3. The van der Waals surface area contributed by atoms with Crippen molar-refractivity contribution in [3.05, 3.63) is 48.1 Å². The van der Waals surface area contributed by atoms with Gasteiger partial charge in [-0.15, -0.1) is 0 Å². The summed E-state index contributed by atoms with van der Waals surface area (Å²) in [6.07, 6.45) is 3.54. The number of phenols is 1. The monoisotopic (exact) mass is 218 g/mol. The minimum Gasteiger partial charge on any atom is -0.508 e. The largest absolute Gasteiger partial charge is 0.508 e. The molecule has 0 radical (unpaired) electrons. The van der Waals surface area contributed by atoms with Gasteiger partial charge < -0.3 is 9.84 Å². The highest BCUT2D eigenvalue weighted by Gasteiger charge is 1.99. The van der Waals surface area contributed by atoms with E-state index in [0.717, 1.165) is 5.56 Å². The molecule has 0 unspecified atom stereocenters. The molecule has 0 spiro atoms. The molecule has 16 heavy (non-hydrogen) atoms. The second-order valence-corrected chi connectivity index (χ2v) is 3.37. The number of esters is 1. The molecular formula is C13H14O3. The SMILES string of the molecule is C=C(C)C(=O)OC/C=C/c1ccc(O)cc1. The van der Waals surface area contributed by atoms with Gasteiger partial charge >= 0.3 is 5.97 Å². The van der Waals surface area contributed by atoms with Crippen LogP contribution in [-0.2, 0) is 9.53 Å². The van der Waals surface area contributed by atoms with Gasteiger partial charge in [-0.05, 0) is 30.7 Å². The highest BCUT2D eigenvalue weighted by Crippen LogP contribution is 2.10. The lowest BCUT2D eigenvalue weighted by atomic mass is 10.2. The average molecular weight is 218 g/mol. The van der Waals surface area contributed by atoms with E-state index in [1.54, 1.807) is 37.3 Å². The van der Waals surface area contributed by atoms with Gasteiger partial charge in [-0.3, -0.25) is 0 Å². The first-order valence-electron chi connectivity index (χ1n) is 4.88. The van der Waals surface area contributed by atoms with Crippen molar-refractivity contribution >= 4 is 12.0 Å². The van der Waals surface area contributed by atoms with Crippen molar-refractivity contribution in [1.29, 1.82) is 0 Å². The Morgan fingerprint density at radius 2 is 2.06 bits per heavy atom. The molecule has 1 rings (SSSR count). The van der Waals surface area contributed by atoms with Gasteiger partial charge in [0.2, 0.25) is 0 Å². The van der Waals surface area contributed by atoms with Gasteiger partial charge in [-0.25, -0.2) is 4.79 Å². The first kappa shape index (κ1) is 12.0. The molecule has 3 nitrogen and oxygen atoms in total. The van der Waals surface area contributed by atoms with Crippen LogP contribution >= 0.6 is 0 Å². The standard InChI is InChI=1S/C13H14O3/c1-10(2)13(15)16-9-3-4-11-5-7-12(14)8-6-11/h3-8,14H,1,9H2,2H3/b4-3+. The molecule has 0 atom stereocenters. The van der Waals surface area contributed by atoms with E-state index in [2.05, 4.69) is 6.58 Å². The lowest BCUT2D eigenvalue weighted by Gasteiger charge is -1.99. The van der Waals surface area contributed by atoms with Crippen LogP contribution in [-0.4, -0.2) is 17.7 Å². The molecule has 0 aliphatic rings. The zero-order valence-corrected chi connectivity index (χ0v) is 9.14. The average Bonchev–Trinajstić information content (AvgIpc) is 2.26. The molecule has 1 N–H and O–H groups in total. The number of ether oxygens (including phenoxy) is 1. The second kappa shape index (κ2) is 5.75. The fourth-order valence-electron chi connectivity index (χ4n) is 1.02. The zero-order chi connectivity index (χ0) is 12.0. The fourth-order valence-corrected chi connectivity index (χ4v) is 1.02. The van der Waals surface area contributed by atoms with Crippen molar-refractivity contribution in [2.24, 2.45) is 0 Å². The Morgan fingerprint density at radius 3 is 2.62 bits per heavy atom. The lowest BCUT2D eigenvalue weighted by Crippen LogP contribution is -2.04. The Labute approximate surface area is 94.7 Å². The molecule has 3 heteroatoms. The van der Waals surface area contributed by atoms with Gasteiger partial charge in [0.15, 0.2) is 0 Å². The normalized spacial score (nSPS) is 10.3. The van der Waals surface area contributed by atoms with Crippen LogP contribution < -0.4 is 0 Å². The molecule has 0 fully saturated rings. The van der Waals surface area contributed by atoms with Crippen molar-refractivity contribution < 1.29 is 14.6 Å². The van der Waals surface area contributed by atoms with E-state index in [-0.39, 0.29) is 12.4 Å². The van der Waals surface area contributed by atoms with Gasteiger partial charge in [0, 0.05) is 5.57 Å². The van der Waals surface area contributed by atoms with Crippen molar-refractivity contribution in [2.75, 3.05) is 6.61 Å². The van der Waals surface area contributed by atoms with Gasteiger partial charge in [-0.2, -0.15) is 0 Å². The third-order valence-electron chi connectivity index (χ3n) is 1.86. The quantitative estimate of drug-likeness (QED) is 0.624. The van der Waals surface area contributed by atoms with Crippen molar-refractivity contribution in [3.8, 4) is 5.75 Å². The molecular weight excluding hydrogens is 204 g/mol. The summed E-state index contributed by atoms with van der Waals surface area (Å²) in [5, 5.41) is 9.06. The maximum atomic E-state index is 11.0. The molecule has 0 saturated carbocycles. The Hall–Kier alpha value is -2.03. The van der Waals surface area contributed by atoms with Crippen molar-refractivity contribution in [1.82, 2.24) is 0 Å². The van der Waals surface area contributed by atoms with Crippen LogP contribution in [0.4, 0.5) is 0 Å². The maximum Gasteiger partial charge on any atom is 0.333 e. The number of carbonyl (C=O) groups is 1. The van der Waals surface area contributed by atoms with Crippen molar-refractivity contribution in [3.63, 3.8) is 0 Å². The fraction of sp³-hybridized carbons (Fsp3) is 0.154. The minimum absolute atomic E-state index is 0.215. The summed E-state index contributed by atoms with van der Waals surface area (Å²) in [6.45, 7) is 5.29. The van der Waals surface area contributed by atoms with Crippen LogP contribution in [0.2, 0.25) is 0 Å². The van der Waals surface area contributed by atoms with Crippen LogP contribution in [0.3, 0.4) is 0 Å². The van der Waals surface area contributed by atoms with Crippen LogP contribution in [0.5, 0.6) is 5.75 Å². The van der Waals surface area contributed by atoms with Crippen LogP contribution in [0, 0.1) is 0 Å². The number of phenolic OH excluding ortho intramolecular Hbond substituents is 1. The Balaban J connectivity index is 2.40. The van der Waals surface area contributed by atoms with Crippen LogP contribution in [0.15, 0.2) is 42.5 Å². The number of hydrogen-bond donors (Lipinski definition) is 1. The molecule has 0 aliphatic heterocycles. The molecule has 0 heterocycles. The van der Waals surface area contributed by atoms with E-state index >= 15 is 0 Å². The summed E-state index contributed by atoms with van der Waals surface area (Å²) in [5.41, 5.74) is 1.32. The van der Waals surface area contributed by atoms with E-state index in [0.29, 0.717) is 5.57 Å². The summed E-state index contributed by atoms with van der Waals surface area (Å²) in [5.74, 6) is -0.166. The first-order chi connectivity index (χ1) is 7.59. The smallest absolute Gasteiger partial charge is 0.333 e. The van der Waals surface area contributed by atoms with Crippen LogP contribution in [0.25, 0.3) is 6.08 Å². The highest BCUT2D eigenvalue weighted by molar-refractivity contribution is 5.87. The topological polar surface area (TPSA) is 46.5 Å². The first-order valence-corrected chi connectivity index (χ1v) is 4.88. The predicted octanol–water partition coefficient (Wildman–Crippen LogP) is 2.52. The van der Waals surface area contributed by atoms with Crippen LogP contribution in [0.1, 0.15) is 12.5 Å². The van der Waals surface area contributed by atoms with E-state index < -0.39 is 5.97 Å². The van der Waals surface area contributed by atoms with Crippen molar-refractivity contribution in [2.45, 2.75) is 6.92 Å². The minimum atomic E-state index is -0.393. The maximum absolute atomic E-state index is 11.0. The molecule has 0 amide bonds. The molecule has 0 bridgehead atoms. The van der Waals surface area contributed by atoms with Gasteiger partial charge in [-0.1, -0.05) is 24.8 Å². The number of benzene rings is 1. The number of carbonyl (C=O) groups excluding carboxylic acids is 1. The van der Waals surface area contributed by atoms with E-state index in [4.69, 9.17) is 9.84 Å². The lowest BCUT2D eigenvalue weighted by molar-refractivity contribution is -0.137. The summed E-state index contributed by atoms with van der Waals surface area (Å²) in [4.78, 5) is 11.0. The second-order valence-electron chi connectivity index (χ2n) is 3.37. The predicted molar refractivity (Wildman–Crippen MR) is 62.9 cm³/mol. The van der Waals surface area contributed by atoms with Gasteiger partial charge in [0.25, 0.3) is 0 Å². The number of aromatic hydroxyl groups is 1. The Morgan fingerprint density at radius 1 is 1.44 bits per heavy atom. The van der Waals surface area contributed by atoms with E-state index in [1.165, 1.54) is 0 Å². The van der Waals surface area contributed by atoms with Gasteiger partial charge in [0.05, 0.1) is 0 Å². The Kier molecular flexibility index (Phi) is 4.33. The third-order valence-corrected chi connectivity index (χ3v) is 1.86. The zero-order valence-electron chi connectivity index (χ0n) is 9.14. The molecule has 0 saturated heterocycles. The van der Waals surface area contributed by atoms with E-state index in [1.807, 2.05) is 6.08 Å². The highest BCUT2D eigenvalue weighted by atomic mass is 16.5. The summed E-state index contributed by atoms with van der Waals surface area (Å²) < 4.78 is 4.87. The molecule has 1 aromatic rings. The molecule has 0 aliphatic carbocycles. The van der Waals surface area contributed by atoms with Gasteiger partial charge in [0.1, 0.15) is 12.4 Å². The summed E-state index contributed by atoms with van der Waals surface area (Å²) >= 11 is 0. The molecule has 84 valence electrons. The summed E-state index contributed by atoms with van der Waals surface area (Å²) in [6, 6.07) is 6.73. The number of rotatable bonds is 4. The van der Waals surface area contributed by atoms with E-state index in [9.17, 15) is 4.79 Å².